The van der Waals surface area contributed by atoms with Crippen molar-refractivity contribution >= 4 is 11.9 Å². The van der Waals surface area contributed by atoms with E-state index in [9.17, 15) is 18.4 Å². The minimum Gasteiger partial charge on any atom is -0.465 e. The molecule has 0 bridgehead atoms. The molecule has 1 aromatic heterocycles. The zero-order chi connectivity index (χ0) is 18.8. The van der Waals surface area contributed by atoms with E-state index in [1.54, 1.807) is 20.8 Å². The zero-order valence-electron chi connectivity index (χ0n) is 14.3. The molecule has 0 aliphatic rings. The molecule has 8 heteroatoms. The molecule has 0 saturated carbocycles. The quantitative estimate of drug-likeness (QED) is 0.791. The van der Waals surface area contributed by atoms with E-state index in [0.29, 0.717) is 0 Å². The lowest BCUT2D eigenvalue weighted by Gasteiger charge is -2.18. The fraction of sp³-hybridized carbons (Fsp3) is 0.353. The summed E-state index contributed by atoms with van der Waals surface area (Å²) < 4.78 is 38.7. The predicted molar refractivity (Wildman–Crippen MR) is 84.2 cm³/mol. The van der Waals surface area contributed by atoms with Crippen LogP contribution in [0.5, 0.6) is 0 Å². The number of methoxy groups -OCH3 is 1. The molecule has 1 aromatic carbocycles. The van der Waals surface area contributed by atoms with E-state index in [2.05, 4.69) is 9.84 Å². The Balaban J connectivity index is 2.19. The van der Waals surface area contributed by atoms with Crippen molar-refractivity contribution < 1.29 is 27.8 Å². The van der Waals surface area contributed by atoms with Gasteiger partial charge in [-0.2, -0.15) is 5.10 Å². The van der Waals surface area contributed by atoms with Gasteiger partial charge in [-0.1, -0.05) is 0 Å². The van der Waals surface area contributed by atoms with E-state index < -0.39 is 34.7 Å². The fourth-order valence-electron chi connectivity index (χ4n) is 2.09. The van der Waals surface area contributed by atoms with Crippen molar-refractivity contribution in [1.82, 2.24) is 9.78 Å². The number of aromatic nitrogens is 2. The summed E-state index contributed by atoms with van der Waals surface area (Å²) in [5.74, 6) is -3.69. The fourth-order valence-corrected chi connectivity index (χ4v) is 2.09. The molecule has 25 heavy (non-hydrogen) atoms. The van der Waals surface area contributed by atoms with Crippen LogP contribution in [0.4, 0.5) is 8.78 Å². The highest BCUT2D eigenvalue weighted by Gasteiger charge is 2.21. The Kier molecular flexibility index (Phi) is 5.20. The smallest absolute Gasteiger partial charge is 0.343 e. The maximum atomic E-state index is 13.9. The Morgan fingerprint density at radius 2 is 1.76 bits per heavy atom. The molecule has 0 N–H and O–H groups in total. The van der Waals surface area contributed by atoms with Crippen LogP contribution in [0.25, 0.3) is 0 Å². The number of carbonyl (C=O) groups is 2. The molecule has 0 fully saturated rings. The molecule has 0 saturated heterocycles. The SMILES string of the molecule is COC(=O)c1c(F)cc(Cn2cc(C(=O)OC(C)(C)C)cn2)cc1F. The number of nitrogens with zero attached hydrogens (tertiary/aromatic N) is 2. The molecule has 0 unspecified atom stereocenters. The van der Waals surface area contributed by atoms with Crippen molar-refractivity contribution in [1.29, 1.82) is 0 Å². The van der Waals surface area contributed by atoms with E-state index in [0.717, 1.165) is 19.2 Å². The van der Waals surface area contributed by atoms with E-state index in [-0.39, 0.29) is 17.7 Å². The van der Waals surface area contributed by atoms with Gasteiger partial charge >= 0.3 is 11.9 Å². The first-order chi connectivity index (χ1) is 11.6. The Morgan fingerprint density at radius 1 is 1.16 bits per heavy atom. The first-order valence-corrected chi connectivity index (χ1v) is 7.43. The molecular weight excluding hydrogens is 334 g/mol. The van der Waals surface area contributed by atoms with E-state index in [1.165, 1.54) is 17.1 Å². The molecule has 0 aliphatic carbocycles. The third-order valence-corrected chi connectivity index (χ3v) is 3.10. The van der Waals surface area contributed by atoms with Crippen LogP contribution < -0.4 is 0 Å². The minimum absolute atomic E-state index is 0.0120. The van der Waals surface area contributed by atoms with E-state index in [4.69, 9.17) is 4.74 Å². The molecule has 2 rings (SSSR count). The maximum Gasteiger partial charge on any atom is 0.343 e. The summed E-state index contributed by atoms with van der Waals surface area (Å²) in [4.78, 5) is 23.3. The third kappa shape index (κ3) is 4.62. The first-order valence-electron chi connectivity index (χ1n) is 7.43. The molecule has 134 valence electrons. The Hall–Kier alpha value is -2.77. The number of hydrogen-bond acceptors (Lipinski definition) is 5. The molecule has 0 aliphatic heterocycles. The summed E-state index contributed by atoms with van der Waals surface area (Å²) in [5, 5.41) is 3.97. The first kappa shape index (κ1) is 18.6. The molecule has 0 amide bonds. The van der Waals surface area contributed by atoms with Crippen LogP contribution in [0.2, 0.25) is 0 Å². The summed E-state index contributed by atoms with van der Waals surface area (Å²) in [6.45, 7) is 5.23. The van der Waals surface area contributed by atoms with Crippen LogP contribution in [-0.4, -0.2) is 34.4 Å². The number of rotatable bonds is 4. The van der Waals surface area contributed by atoms with E-state index >= 15 is 0 Å². The summed E-state index contributed by atoms with van der Waals surface area (Å²) in [6, 6.07) is 2.04. The Morgan fingerprint density at radius 3 is 2.28 bits per heavy atom. The van der Waals surface area contributed by atoms with Gasteiger partial charge in [0.05, 0.1) is 25.4 Å². The van der Waals surface area contributed by atoms with Gasteiger partial charge in [-0.05, 0) is 38.5 Å². The normalized spacial score (nSPS) is 11.3. The van der Waals surface area contributed by atoms with E-state index in [1.807, 2.05) is 0 Å². The number of benzene rings is 1. The molecule has 2 aromatic rings. The topological polar surface area (TPSA) is 70.4 Å². The molecule has 1 heterocycles. The molecule has 6 nitrogen and oxygen atoms in total. The van der Waals surface area contributed by atoms with Gasteiger partial charge in [0.1, 0.15) is 22.8 Å². The van der Waals surface area contributed by atoms with Gasteiger partial charge in [0, 0.05) is 6.20 Å². The lowest BCUT2D eigenvalue weighted by molar-refractivity contribution is 0.00692. The van der Waals surface area contributed by atoms with Crippen LogP contribution in [0.15, 0.2) is 24.5 Å². The standard InChI is InChI=1S/C17H18F2N2O4/c1-17(2,3)25-15(22)11-7-20-21(9-11)8-10-5-12(18)14(13(19)6-10)16(23)24-4/h5-7,9H,8H2,1-4H3. The zero-order valence-corrected chi connectivity index (χ0v) is 14.3. The van der Waals surface area contributed by atoms with Crippen LogP contribution in [0.3, 0.4) is 0 Å². The van der Waals surface area contributed by atoms with Crippen LogP contribution in [0.1, 0.15) is 47.1 Å². The van der Waals surface area contributed by atoms with Crippen LogP contribution in [-0.2, 0) is 16.0 Å². The lowest BCUT2D eigenvalue weighted by Crippen LogP contribution is -2.23. The number of esters is 2. The minimum atomic E-state index is -1.09. The predicted octanol–water partition coefficient (Wildman–Crippen LogP) is 2.95. The van der Waals surface area contributed by atoms with Crippen molar-refractivity contribution in [2.75, 3.05) is 7.11 Å². The number of hydrogen-bond donors (Lipinski definition) is 0. The monoisotopic (exact) mass is 352 g/mol. The lowest BCUT2D eigenvalue weighted by atomic mass is 10.1. The van der Waals surface area contributed by atoms with Crippen molar-refractivity contribution in [2.24, 2.45) is 0 Å². The van der Waals surface area contributed by atoms with Crippen molar-refractivity contribution in [3.05, 3.63) is 52.9 Å². The number of ether oxygens (including phenoxy) is 2. The summed E-state index contributed by atoms with van der Waals surface area (Å²) in [6.07, 6.45) is 2.72. The van der Waals surface area contributed by atoms with Crippen molar-refractivity contribution in [3.8, 4) is 0 Å². The summed E-state index contributed by atoms with van der Waals surface area (Å²) >= 11 is 0. The Labute approximate surface area is 143 Å². The Bertz CT molecular complexity index is 786. The van der Waals surface area contributed by atoms with Gasteiger partial charge in [-0.3, -0.25) is 4.68 Å². The van der Waals surface area contributed by atoms with Gasteiger partial charge in [-0.25, -0.2) is 18.4 Å². The number of carbonyl (C=O) groups excluding carboxylic acids is 2. The van der Waals surface area contributed by atoms with Crippen molar-refractivity contribution in [2.45, 2.75) is 32.9 Å². The maximum absolute atomic E-state index is 13.9. The summed E-state index contributed by atoms with van der Waals surface area (Å²) in [5.41, 5.74) is -0.931. The van der Waals surface area contributed by atoms with Crippen LogP contribution >= 0.6 is 0 Å². The summed E-state index contributed by atoms with van der Waals surface area (Å²) in [7, 11) is 1.04. The van der Waals surface area contributed by atoms with Gasteiger partial charge in [0.2, 0.25) is 0 Å². The van der Waals surface area contributed by atoms with Gasteiger partial charge in [-0.15, -0.1) is 0 Å². The largest absolute Gasteiger partial charge is 0.465 e. The number of halogens is 2. The average Bonchev–Trinajstić information content (AvgIpc) is 2.93. The van der Waals surface area contributed by atoms with Gasteiger partial charge in [0.15, 0.2) is 0 Å². The molecular formula is C17H18F2N2O4. The van der Waals surface area contributed by atoms with Gasteiger partial charge in [0.25, 0.3) is 0 Å². The highest BCUT2D eigenvalue weighted by Crippen LogP contribution is 2.18. The highest BCUT2D eigenvalue weighted by atomic mass is 19.1. The second kappa shape index (κ2) is 7.00. The second-order valence-electron chi connectivity index (χ2n) is 6.35. The van der Waals surface area contributed by atoms with Crippen molar-refractivity contribution in [3.63, 3.8) is 0 Å². The molecule has 0 atom stereocenters. The molecule has 0 radical (unpaired) electrons. The average molecular weight is 352 g/mol. The highest BCUT2D eigenvalue weighted by molar-refractivity contribution is 5.90. The molecule has 0 spiro atoms. The second-order valence-corrected chi connectivity index (χ2v) is 6.35. The van der Waals surface area contributed by atoms with Crippen LogP contribution in [0, 0.1) is 11.6 Å². The third-order valence-electron chi connectivity index (χ3n) is 3.10. The van der Waals surface area contributed by atoms with Gasteiger partial charge < -0.3 is 9.47 Å².